The summed E-state index contributed by atoms with van der Waals surface area (Å²) in [5, 5.41) is 2.19. The third-order valence-corrected chi connectivity index (χ3v) is 8.33. The number of aryl methyl sites for hydroxylation is 1. The minimum absolute atomic E-state index is 0.0222. The molecule has 0 radical (unpaired) electrons. The number of fused-ring (bicyclic) bond motifs is 1. The number of sulfone groups is 1. The zero-order valence-corrected chi connectivity index (χ0v) is 20.1. The van der Waals surface area contributed by atoms with E-state index >= 15 is 0 Å². The van der Waals surface area contributed by atoms with Crippen LogP contribution in [0.25, 0.3) is 0 Å². The molecule has 0 unspecified atom stereocenters. The Kier molecular flexibility index (Phi) is 6.18. The molecule has 1 fully saturated rings. The number of piperidine rings is 1. The molecule has 182 valence electrons. The highest BCUT2D eigenvalue weighted by molar-refractivity contribution is 7.91. The number of nitrogens with zero attached hydrogens (tertiary/aromatic N) is 1. The van der Waals surface area contributed by atoms with E-state index in [4.69, 9.17) is 0 Å². The lowest BCUT2D eigenvalue weighted by atomic mass is 9.89. The first kappa shape index (κ1) is 24.5. The second kappa shape index (κ2) is 8.84. The number of nitrogens with one attached hydrogen (secondary N) is 1. The van der Waals surface area contributed by atoms with E-state index in [-0.39, 0.29) is 46.8 Å². The summed E-state index contributed by atoms with van der Waals surface area (Å²) in [6.07, 6.45) is 0.485. The number of amides is 4. The number of carbonyl (C=O) groups is 5. The van der Waals surface area contributed by atoms with Gasteiger partial charge in [0.15, 0.2) is 15.6 Å². The van der Waals surface area contributed by atoms with E-state index in [1.54, 1.807) is 19.1 Å². The second-order valence-corrected chi connectivity index (χ2v) is 11.1. The highest BCUT2D eigenvalue weighted by atomic mass is 32.2. The summed E-state index contributed by atoms with van der Waals surface area (Å²) in [4.78, 5) is 63.8. The fraction of sp³-hybridized carbons (Fsp3) is 0.320. The predicted molar refractivity (Wildman–Crippen MR) is 125 cm³/mol. The van der Waals surface area contributed by atoms with E-state index < -0.39 is 39.0 Å². The van der Waals surface area contributed by atoms with Gasteiger partial charge in [-0.05, 0) is 49.6 Å². The van der Waals surface area contributed by atoms with Crippen LogP contribution in [-0.4, -0.2) is 54.0 Å². The molecule has 2 aromatic carbocycles. The molecule has 2 aromatic rings. The lowest BCUT2D eigenvalue weighted by Crippen LogP contribution is -2.62. The average molecular weight is 497 g/mol. The summed E-state index contributed by atoms with van der Waals surface area (Å²) in [6.45, 7) is 3.01. The molecule has 1 N–H and O–H groups in total. The van der Waals surface area contributed by atoms with Crippen molar-refractivity contribution in [1.29, 1.82) is 0 Å². The summed E-state index contributed by atoms with van der Waals surface area (Å²) in [7, 11) is -3.35. The van der Waals surface area contributed by atoms with Crippen LogP contribution >= 0.6 is 0 Å². The van der Waals surface area contributed by atoms with Crippen LogP contribution in [0.3, 0.4) is 0 Å². The molecular formula is C25H24N2O7S. The van der Waals surface area contributed by atoms with Gasteiger partial charge in [0.2, 0.25) is 5.91 Å². The second-order valence-electron chi connectivity index (χ2n) is 8.83. The Morgan fingerprint density at radius 1 is 1.00 bits per heavy atom. The van der Waals surface area contributed by atoms with Crippen LogP contribution in [0.15, 0.2) is 47.4 Å². The fourth-order valence-corrected chi connectivity index (χ4v) is 5.20. The summed E-state index contributed by atoms with van der Waals surface area (Å²) in [5.74, 6) is -2.56. The predicted octanol–water partition coefficient (Wildman–Crippen LogP) is 2.09. The molecule has 0 bridgehead atoms. The van der Waals surface area contributed by atoms with Crippen molar-refractivity contribution in [2.24, 2.45) is 0 Å². The maximum Gasteiger partial charge on any atom is 0.262 e. The highest BCUT2D eigenvalue weighted by Crippen LogP contribution is 2.34. The zero-order valence-electron chi connectivity index (χ0n) is 19.3. The highest BCUT2D eigenvalue weighted by Gasteiger charge is 2.52. The molecular weight excluding hydrogens is 472 g/mol. The minimum Gasteiger partial charge on any atom is -0.294 e. The fourth-order valence-electron chi connectivity index (χ4n) is 4.32. The van der Waals surface area contributed by atoms with Crippen molar-refractivity contribution in [3.63, 3.8) is 0 Å². The number of ketones is 1. The molecule has 4 rings (SSSR count). The summed E-state index contributed by atoms with van der Waals surface area (Å²) < 4.78 is 23.9. The van der Waals surface area contributed by atoms with Crippen LogP contribution in [0.1, 0.15) is 69.7 Å². The lowest BCUT2D eigenvalue weighted by Gasteiger charge is -2.38. The molecule has 9 nitrogen and oxygen atoms in total. The largest absolute Gasteiger partial charge is 0.294 e. The molecule has 10 heteroatoms. The first-order valence-electron chi connectivity index (χ1n) is 11.2. The Hall–Kier alpha value is -3.66. The third-order valence-electron chi connectivity index (χ3n) is 6.58. The van der Waals surface area contributed by atoms with E-state index in [1.807, 2.05) is 0 Å². The monoisotopic (exact) mass is 496 g/mol. The quantitative estimate of drug-likeness (QED) is 0.458. The summed E-state index contributed by atoms with van der Waals surface area (Å²) in [5.41, 5.74) is -0.0962. The number of carbonyl (C=O) groups excluding carboxylic acids is 5. The van der Waals surface area contributed by atoms with Gasteiger partial charge in [0, 0.05) is 18.4 Å². The molecule has 0 saturated carbocycles. The summed E-state index contributed by atoms with van der Waals surface area (Å²) >= 11 is 0. The maximum atomic E-state index is 13.1. The van der Waals surface area contributed by atoms with Gasteiger partial charge in [-0.2, -0.15) is 0 Å². The Morgan fingerprint density at radius 2 is 1.66 bits per heavy atom. The van der Waals surface area contributed by atoms with Crippen molar-refractivity contribution >= 4 is 39.2 Å². The van der Waals surface area contributed by atoms with Crippen molar-refractivity contribution in [1.82, 2.24) is 10.2 Å². The Morgan fingerprint density at radius 3 is 2.29 bits per heavy atom. The van der Waals surface area contributed by atoms with E-state index in [1.165, 1.54) is 37.3 Å². The zero-order chi connectivity index (χ0) is 25.5. The summed E-state index contributed by atoms with van der Waals surface area (Å²) in [6, 6.07) is 10.5. The minimum atomic E-state index is -3.35. The number of benzene rings is 2. The Balaban J connectivity index is 1.48. The van der Waals surface area contributed by atoms with Crippen molar-refractivity contribution < 1.29 is 32.4 Å². The van der Waals surface area contributed by atoms with Crippen molar-refractivity contribution in [2.45, 2.75) is 50.0 Å². The van der Waals surface area contributed by atoms with Crippen LogP contribution in [0.2, 0.25) is 0 Å². The molecule has 1 saturated heterocycles. The maximum absolute atomic E-state index is 13.1. The van der Waals surface area contributed by atoms with Crippen LogP contribution in [0.5, 0.6) is 0 Å². The van der Waals surface area contributed by atoms with Crippen molar-refractivity contribution in [3.8, 4) is 0 Å². The van der Waals surface area contributed by atoms with Crippen LogP contribution < -0.4 is 5.32 Å². The molecule has 0 spiro atoms. The van der Waals surface area contributed by atoms with E-state index in [9.17, 15) is 32.4 Å². The van der Waals surface area contributed by atoms with Gasteiger partial charge in [0.25, 0.3) is 17.7 Å². The first-order chi connectivity index (χ1) is 16.5. The van der Waals surface area contributed by atoms with Gasteiger partial charge in [-0.3, -0.25) is 34.2 Å². The normalized spacial score (nSPS) is 20.1. The van der Waals surface area contributed by atoms with Gasteiger partial charge in [-0.1, -0.05) is 25.1 Å². The van der Waals surface area contributed by atoms with Gasteiger partial charge in [0.1, 0.15) is 5.54 Å². The molecule has 2 heterocycles. The molecule has 0 aliphatic carbocycles. The molecule has 1 atom stereocenters. The molecule has 2 aliphatic heterocycles. The van der Waals surface area contributed by atoms with Crippen molar-refractivity contribution in [2.75, 3.05) is 5.75 Å². The Bertz CT molecular complexity index is 1380. The number of Topliss-reactive ketones (excluding diaryl/α,β-unsaturated/α-hetero) is 1. The van der Waals surface area contributed by atoms with Crippen LogP contribution in [0.4, 0.5) is 0 Å². The first-order valence-corrected chi connectivity index (χ1v) is 12.9. The lowest BCUT2D eigenvalue weighted by molar-refractivity contribution is -0.140. The van der Waals surface area contributed by atoms with Crippen LogP contribution in [-0.2, 0) is 25.8 Å². The average Bonchev–Trinajstić information content (AvgIpc) is 3.10. The van der Waals surface area contributed by atoms with Crippen molar-refractivity contribution in [3.05, 3.63) is 64.7 Å². The number of imide groups is 2. The number of rotatable bonds is 7. The van der Waals surface area contributed by atoms with E-state index in [0.717, 1.165) is 4.90 Å². The number of hydrogen-bond acceptors (Lipinski definition) is 7. The van der Waals surface area contributed by atoms with Gasteiger partial charge in [-0.15, -0.1) is 0 Å². The standard InChI is InChI=1S/C25H24N2O7S/c1-3-35(33,34)17-8-6-16(7-9-17)20(28)11-5-15-4-10-18-19(14-15)23(31)27(22(18)30)25(2)13-12-21(29)26-24(25)32/h4,6-10,14H,3,5,11-13H2,1-2H3,(H,26,29,32)/t25-/m0/s1. The number of hydrogen-bond donors (Lipinski definition) is 1. The van der Waals surface area contributed by atoms with E-state index in [2.05, 4.69) is 5.32 Å². The SMILES string of the molecule is CCS(=O)(=O)c1ccc(C(=O)CCc2ccc3c(c2)C(=O)N([C@@]2(C)CCC(=O)NC2=O)C3=O)cc1. The van der Waals surface area contributed by atoms with E-state index in [0.29, 0.717) is 17.5 Å². The Labute approximate surface area is 202 Å². The van der Waals surface area contributed by atoms with Gasteiger partial charge >= 0.3 is 0 Å². The molecule has 4 amide bonds. The van der Waals surface area contributed by atoms with Gasteiger partial charge in [0.05, 0.1) is 21.8 Å². The van der Waals surface area contributed by atoms with Gasteiger partial charge < -0.3 is 0 Å². The molecule has 35 heavy (non-hydrogen) atoms. The molecule has 0 aromatic heterocycles. The molecule has 2 aliphatic rings. The third kappa shape index (κ3) is 4.29. The van der Waals surface area contributed by atoms with Crippen LogP contribution in [0, 0.1) is 0 Å². The smallest absolute Gasteiger partial charge is 0.262 e. The van der Waals surface area contributed by atoms with Gasteiger partial charge in [-0.25, -0.2) is 8.42 Å². The topological polar surface area (TPSA) is 135 Å².